The van der Waals surface area contributed by atoms with Crippen molar-refractivity contribution < 1.29 is 4.74 Å². The molecule has 0 aliphatic rings. The molecule has 0 amide bonds. The Bertz CT molecular complexity index is 654. The number of aryl methyl sites for hydroxylation is 1. The molecule has 0 atom stereocenters. The van der Waals surface area contributed by atoms with Crippen molar-refractivity contribution in [1.82, 2.24) is 15.0 Å². The van der Waals surface area contributed by atoms with Crippen molar-refractivity contribution in [1.29, 1.82) is 0 Å². The van der Waals surface area contributed by atoms with Crippen LogP contribution in [0.15, 0.2) is 25.0 Å². The Kier molecular flexibility index (Phi) is 3.84. The van der Waals surface area contributed by atoms with Crippen LogP contribution in [0.25, 0.3) is 5.57 Å². The second-order valence-corrected chi connectivity index (χ2v) is 4.36. The first kappa shape index (κ1) is 13.8. The summed E-state index contributed by atoms with van der Waals surface area (Å²) in [5.74, 6) is 2.60. The van der Waals surface area contributed by atoms with Gasteiger partial charge in [0.25, 0.3) is 0 Å². The topological polar surface area (TPSA) is 86.0 Å². The fraction of sp³-hybridized carbons (Fsp3) is 0.214. The van der Waals surface area contributed by atoms with Crippen LogP contribution in [0, 0.1) is 6.92 Å². The summed E-state index contributed by atoms with van der Waals surface area (Å²) in [5.41, 5.74) is 7.49. The zero-order chi connectivity index (χ0) is 14.7. The van der Waals surface area contributed by atoms with Gasteiger partial charge in [0.1, 0.15) is 17.4 Å². The molecule has 6 nitrogen and oxygen atoms in total. The summed E-state index contributed by atoms with van der Waals surface area (Å²) in [6.07, 6.45) is 3.26. The van der Waals surface area contributed by atoms with Gasteiger partial charge in [-0.15, -0.1) is 0 Å². The summed E-state index contributed by atoms with van der Waals surface area (Å²) in [5, 5.41) is 2.96. The van der Waals surface area contributed by atoms with Crippen LogP contribution in [0.5, 0.6) is 11.5 Å². The summed E-state index contributed by atoms with van der Waals surface area (Å²) in [4.78, 5) is 12.4. The number of nitrogen functional groups attached to an aromatic ring is 1. The van der Waals surface area contributed by atoms with Crippen molar-refractivity contribution in [3.05, 3.63) is 36.4 Å². The van der Waals surface area contributed by atoms with Gasteiger partial charge in [0.2, 0.25) is 0 Å². The van der Waals surface area contributed by atoms with Gasteiger partial charge in [0.05, 0.1) is 6.20 Å². The number of nitrogens with zero attached hydrogens (tertiary/aromatic N) is 3. The zero-order valence-electron chi connectivity index (χ0n) is 11.8. The molecule has 0 radical (unpaired) electrons. The number of anilines is 2. The molecule has 2 heterocycles. The quantitative estimate of drug-likeness (QED) is 0.889. The highest BCUT2D eigenvalue weighted by Gasteiger charge is 2.11. The highest BCUT2D eigenvalue weighted by Crippen LogP contribution is 2.32. The minimum atomic E-state index is 0.299. The number of ether oxygens (including phenoxy) is 1. The number of aromatic nitrogens is 3. The van der Waals surface area contributed by atoms with Crippen LogP contribution in [-0.2, 0) is 0 Å². The van der Waals surface area contributed by atoms with Crippen molar-refractivity contribution >= 4 is 17.2 Å². The van der Waals surface area contributed by atoms with Gasteiger partial charge < -0.3 is 15.8 Å². The SMILES string of the molecule is C=C(C)c1cnc(NC)cc1Oc1cnc(C)nc1N. The van der Waals surface area contributed by atoms with Crippen molar-refractivity contribution in [2.24, 2.45) is 0 Å². The molecular weight excluding hydrogens is 254 g/mol. The third-order valence-corrected chi connectivity index (χ3v) is 2.71. The number of rotatable bonds is 4. The maximum atomic E-state index is 5.84. The summed E-state index contributed by atoms with van der Waals surface area (Å²) in [7, 11) is 1.79. The van der Waals surface area contributed by atoms with Crippen LogP contribution in [0.1, 0.15) is 18.3 Å². The van der Waals surface area contributed by atoms with Crippen LogP contribution in [-0.4, -0.2) is 22.0 Å². The van der Waals surface area contributed by atoms with E-state index in [0.29, 0.717) is 29.0 Å². The molecule has 2 rings (SSSR count). The standard InChI is InChI=1S/C14H17N5O/c1-8(2)10-6-18-13(16-4)5-11(10)20-12-7-17-9(3)19-14(12)15/h5-7H,1H2,2-4H3,(H,16,18)(H2,15,17,19). The molecule has 0 bridgehead atoms. The van der Waals surface area contributed by atoms with Gasteiger partial charge in [-0.1, -0.05) is 6.58 Å². The third-order valence-electron chi connectivity index (χ3n) is 2.71. The molecule has 104 valence electrons. The van der Waals surface area contributed by atoms with Crippen LogP contribution >= 0.6 is 0 Å². The first-order chi connectivity index (χ1) is 9.51. The molecule has 0 saturated heterocycles. The van der Waals surface area contributed by atoms with E-state index in [-0.39, 0.29) is 0 Å². The smallest absolute Gasteiger partial charge is 0.187 e. The maximum Gasteiger partial charge on any atom is 0.187 e. The lowest BCUT2D eigenvalue weighted by Crippen LogP contribution is -2.01. The monoisotopic (exact) mass is 271 g/mol. The summed E-state index contributed by atoms with van der Waals surface area (Å²) in [6, 6.07) is 1.78. The van der Waals surface area contributed by atoms with Crippen LogP contribution in [0.2, 0.25) is 0 Å². The highest BCUT2D eigenvalue weighted by molar-refractivity contribution is 5.69. The molecule has 2 aromatic rings. The molecule has 0 saturated carbocycles. The molecule has 0 aromatic carbocycles. The van der Waals surface area contributed by atoms with Gasteiger partial charge >= 0.3 is 0 Å². The van der Waals surface area contributed by atoms with Crippen LogP contribution < -0.4 is 15.8 Å². The average molecular weight is 271 g/mol. The molecule has 0 aliphatic heterocycles. The lowest BCUT2D eigenvalue weighted by Gasteiger charge is -2.13. The van der Waals surface area contributed by atoms with E-state index in [4.69, 9.17) is 10.5 Å². The third kappa shape index (κ3) is 2.85. The summed E-state index contributed by atoms with van der Waals surface area (Å²) in [6.45, 7) is 7.57. The highest BCUT2D eigenvalue weighted by atomic mass is 16.5. The van der Waals surface area contributed by atoms with Gasteiger partial charge in [-0.3, -0.25) is 0 Å². The Morgan fingerprint density at radius 3 is 2.65 bits per heavy atom. The number of pyridine rings is 1. The van der Waals surface area contributed by atoms with Crippen molar-refractivity contribution in [3.63, 3.8) is 0 Å². The molecule has 0 fully saturated rings. The van der Waals surface area contributed by atoms with E-state index < -0.39 is 0 Å². The van der Waals surface area contributed by atoms with E-state index in [1.165, 1.54) is 0 Å². The maximum absolute atomic E-state index is 5.84. The molecule has 2 aromatic heterocycles. The first-order valence-corrected chi connectivity index (χ1v) is 6.12. The van der Waals surface area contributed by atoms with Crippen molar-refractivity contribution in [2.45, 2.75) is 13.8 Å². The fourth-order valence-corrected chi connectivity index (χ4v) is 1.65. The zero-order valence-corrected chi connectivity index (χ0v) is 11.8. The molecular formula is C14H17N5O. The molecule has 6 heteroatoms. The largest absolute Gasteiger partial charge is 0.451 e. The Hall–Kier alpha value is -2.63. The minimum Gasteiger partial charge on any atom is -0.451 e. The average Bonchev–Trinajstić information content (AvgIpc) is 2.41. The lowest BCUT2D eigenvalue weighted by atomic mass is 10.1. The molecule has 0 unspecified atom stereocenters. The van der Waals surface area contributed by atoms with E-state index in [1.807, 2.05) is 6.92 Å². The number of nitrogens with two attached hydrogens (primary N) is 1. The Morgan fingerprint density at radius 2 is 2.05 bits per heavy atom. The predicted molar refractivity (Wildman–Crippen MR) is 79.7 cm³/mol. The first-order valence-electron chi connectivity index (χ1n) is 6.12. The van der Waals surface area contributed by atoms with Crippen molar-refractivity contribution in [2.75, 3.05) is 18.1 Å². The number of hydrogen-bond acceptors (Lipinski definition) is 6. The van der Waals surface area contributed by atoms with E-state index >= 15 is 0 Å². The Morgan fingerprint density at radius 1 is 1.30 bits per heavy atom. The van der Waals surface area contributed by atoms with Gasteiger partial charge in [-0.05, 0) is 19.4 Å². The summed E-state index contributed by atoms with van der Waals surface area (Å²) < 4.78 is 5.81. The van der Waals surface area contributed by atoms with Crippen LogP contribution in [0.4, 0.5) is 11.6 Å². The van der Waals surface area contributed by atoms with E-state index in [1.54, 1.807) is 32.4 Å². The Labute approximate surface area is 117 Å². The lowest BCUT2D eigenvalue weighted by molar-refractivity contribution is 0.478. The normalized spacial score (nSPS) is 10.2. The molecule has 3 N–H and O–H groups in total. The van der Waals surface area contributed by atoms with E-state index in [2.05, 4.69) is 26.8 Å². The van der Waals surface area contributed by atoms with Gasteiger partial charge in [-0.25, -0.2) is 15.0 Å². The van der Waals surface area contributed by atoms with Gasteiger partial charge in [0, 0.05) is 24.9 Å². The molecule has 0 aliphatic carbocycles. The van der Waals surface area contributed by atoms with Gasteiger partial charge in [-0.2, -0.15) is 0 Å². The predicted octanol–water partition coefficient (Wildman–Crippen LogP) is 2.63. The minimum absolute atomic E-state index is 0.299. The van der Waals surface area contributed by atoms with Crippen molar-refractivity contribution in [3.8, 4) is 11.5 Å². The fourth-order valence-electron chi connectivity index (χ4n) is 1.65. The van der Waals surface area contributed by atoms with Gasteiger partial charge in [0.15, 0.2) is 11.6 Å². The number of hydrogen-bond donors (Lipinski definition) is 2. The van der Waals surface area contributed by atoms with E-state index in [9.17, 15) is 0 Å². The van der Waals surface area contributed by atoms with E-state index in [0.717, 1.165) is 11.1 Å². The number of nitrogens with one attached hydrogen (secondary N) is 1. The second kappa shape index (κ2) is 5.56. The molecule has 0 spiro atoms. The number of allylic oxidation sites excluding steroid dienone is 1. The Balaban J connectivity index is 2.43. The van der Waals surface area contributed by atoms with Crippen LogP contribution in [0.3, 0.4) is 0 Å². The summed E-state index contributed by atoms with van der Waals surface area (Å²) >= 11 is 0. The second-order valence-electron chi connectivity index (χ2n) is 4.36. The molecule has 20 heavy (non-hydrogen) atoms.